The fraction of sp³-hybridized carbons (Fsp3) is 0.895. The van der Waals surface area contributed by atoms with Crippen LogP contribution in [0.1, 0.15) is 76.2 Å². The molecule has 0 saturated carbocycles. The van der Waals surface area contributed by atoms with Gasteiger partial charge in [-0.05, 0) is 56.7 Å². The van der Waals surface area contributed by atoms with E-state index in [9.17, 15) is 0 Å². The smallest absolute Gasteiger partial charge is 0.412 e. The van der Waals surface area contributed by atoms with E-state index in [4.69, 9.17) is 13.7 Å². The van der Waals surface area contributed by atoms with Gasteiger partial charge in [0.2, 0.25) is 8.32 Å². The van der Waals surface area contributed by atoms with E-state index < -0.39 is 8.32 Å². The van der Waals surface area contributed by atoms with E-state index in [-0.39, 0.29) is 18.3 Å². The molecule has 0 aromatic rings. The Morgan fingerprint density at radius 1 is 0.917 bits per heavy atom. The summed E-state index contributed by atoms with van der Waals surface area (Å²) in [5.74, 6) is 0. The fourth-order valence-electron chi connectivity index (χ4n) is 3.94. The molecule has 1 rings (SSSR count). The van der Waals surface area contributed by atoms with Crippen molar-refractivity contribution in [2.75, 3.05) is 6.61 Å². The summed E-state index contributed by atoms with van der Waals surface area (Å²) in [4.78, 5) is 0. The summed E-state index contributed by atoms with van der Waals surface area (Å²) < 4.78 is 18.8. The molecule has 0 N–H and O–H groups in total. The molecule has 0 amide bonds. The quantitative estimate of drug-likeness (QED) is 0.544. The second-order valence-corrected chi connectivity index (χ2v) is 14.6. The molecule has 1 aliphatic rings. The van der Waals surface area contributed by atoms with E-state index in [1.807, 2.05) is 0 Å². The Kier molecular flexibility index (Phi) is 6.99. The molecule has 140 valence electrons. The number of hydrogen-bond donors (Lipinski definition) is 0. The molecule has 0 atom stereocenters. The molecule has 1 fully saturated rings. The predicted octanol–water partition coefficient (Wildman–Crippen LogP) is 5.76. The van der Waals surface area contributed by atoms with Crippen molar-refractivity contribution in [1.82, 2.24) is 0 Å². The molecular weight excluding hydrogens is 315 g/mol. The molecule has 0 radical (unpaired) electrons. The van der Waals surface area contributed by atoms with Gasteiger partial charge in [0.1, 0.15) is 0 Å². The van der Waals surface area contributed by atoms with Gasteiger partial charge in [0.15, 0.2) is 0 Å². The number of allylic oxidation sites excluding steroid dienone is 1. The highest BCUT2D eigenvalue weighted by Crippen LogP contribution is 2.42. The Balaban J connectivity index is 2.82. The highest BCUT2D eigenvalue weighted by atomic mass is 28.4. The van der Waals surface area contributed by atoms with Gasteiger partial charge in [-0.25, -0.2) is 0 Å². The van der Waals surface area contributed by atoms with E-state index in [0.29, 0.717) is 23.2 Å². The van der Waals surface area contributed by atoms with Gasteiger partial charge >= 0.3 is 7.12 Å². The molecule has 0 unspecified atom stereocenters. The van der Waals surface area contributed by atoms with Crippen LogP contribution in [0.25, 0.3) is 0 Å². The van der Waals surface area contributed by atoms with E-state index in [0.717, 1.165) is 5.47 Å². The summed E-state index contributed by atoms with van der Waals surface area (Å²) in [6, 6.07) is 0. The third kappa shape index (κ3) is 4.17. The fourth-order valence-corrected chi connectivity index (χ4v) is 9.31. The minimum Gasteiger partial charge on any atom is -0.412 e. The summed E-state index contributed by atoms with van der Waals surface area (Å²) in [5.41, 5.74) is 2.32. The van der Waals surface area contributed by atoms with Crippen LogP contribution < -0.4 is 0 Å². The molecule has 0 bridgehead atoms. The Morgan fingerprint density at radius 2 is 1.29 bits per heavy atom. The number of rotatable bonds is 7. The summed E-state index contributed by atoms with van der Waals surface area (Å²) >= 11 is 0. The second-order valence-electron chi connectivity index (χ2n) is 9.17. The van der Waals surface area contributed by atoms with Crippen molar-refractivity contribution in [3.63, 3.8) is 0 Å². The van der Waals surface area contributed by atoms with Crippen LogP contribution in [0.15, 0.2) is 11.5 Å². The highest BCUT2D eigenvalue weighted by Gasteiger charge is 2.51. The molecule has 0 aliphatic carbocycles. The Labute approximate surface area is 151 Å². The molecule has 24 heavy (non-hydrogen) atoms. The third-order valence-electron chi connectivity index (χ3n) is 6.07. The lowest BCUT2D eigenvalue weighted by Crippen LogP contribution is -2.47. The lowest BCUT2D eigenvalue weighted by atomic mass is 9.79. The van der Waals surface area contributed by atoms with Crippen molar-refractivity contribution in [2.45, 2.75) is 104 Å². The molecule has 0 aromatic heterocycles. The van der Waals surface area contributed by atoms with Crippen molar-refractivity contribution in [1.29, 1.82) is 0 Å². The van der Waals surface area contributed by atoms with Crippen molar-refractivity contribution < 1.29 is 13.7 Å². The highest BCUT2D eigenvalue weighted by molar-refractivity contribution is 6.77. The van der Waals surface area contributed by atoms with Crippen molar-refractivity contribution in [2.24, 2.45) is 0 Å². The van der Waals surface area contributed by atoms with Crippen molar-refractivity contribution >= 4 is 15.4 Å². The lowest BCUT2D eigenvalue weighted by Gasteiger charge is -2.42. The average molecular weight is 354 g/mol. The zero-order valence-corrected chi connectivity index (χ0v) is 18.8. The molecular formula is C19H39BO3Si. The summed E-state index contributed by atoms with van der Waals surface area (Å²) in [6.45, 7) is 25.0. The van der Waals surface area contributed by atoms with E-state index >= 15 is 0 Å². The maximum absolute atomic E-state index is 6.60. The topological polar surface area (TPSA) is 27.7 Å². The van der Waals surface area contributed by atoms with Crippen LogP contribution in [0.2, 0.25) is 16.6 Å². The first-order valence-corrected chi connectivity index (χ1v) is 11.6. The van der Waals surface area contributed by atoms with Gasteiger partial charge in [-0.2, -0.15) is 0 Å². The van der Waals surface area contributed by atoms with Gasteiger partial charge < -0.3 is 13.7 Å². The molecule has 1 heterocycles. The lowest BCUT2D eigenvalue weighted by molar-refractivity contribution is 0.00578. The minimum absolute atomic E-state index is 0.271. The largest absolute Gasteiger partial charge is 0.490 e. The Hall–Kier alpha value is -0.0982. The maximum atomic E-state index is 6.60. The first-order valence-electron chi connectivity index (χ1n) is 9.44. The molecule has 1 aliphatic heterocycles. The van der Waals surface area contributed by atoms with E-state index in [1.165, 1.54) is 0 Å². The molecule has 0 aromatic carbocycles. The van der Waals surface area contributed by atoms with Crippen LogP contribution in [-0.2, 0) is 13.7 Å². The molecule has 1 saturated heterocycles. The van der Waals surface area contributed by atoms with Crippen LogP contribution in [-0.4, -0.2) is 33.2 Å². The van der Waals surface area contributed by atoms with Crippen LogP contribution >= 0.6 is 0 Å². The normalized spacial score (nSPS) is 21.4. The van der Waals surface area contributed by atoms with Gasteiger partial charge in [-0.15, -0.1) is 0 Å². The van der Waals surface area contributed by atoms with Crippen molar-refractivity contribution in [3.05, 3.63) is 11.5 Å². The number of hydrogen-bond acceptors (Lipinski definition) is 3. The van der Waals surface area contributed by atoms with Crippen LogP contribution in [0.5, 0.6) is 0 Å². The summed E-state index contributed by atoms with van der Waals surface area (Å²) in [6.07, 6.45) is 2.15. The summed E-state index contributed by atoms with van der Waals surface area (Å²) in [7, 11) is -2.09. The van der Waals surface area contributed by atoms with Gasteiger partial charge in [-0.3, -0.25) is 0 Å². The minimum atomic E-state index is -1.82. The van der Waals surface area contributed by atoms with Crippen LogP contribution in [0.3, 0.4) is 0 Å². The SMILES string of the molecule is C/C(=C\CO[Si](C(C)C)(C(C)C)C(C)C)B1OC(C)(C)C(C)(C)O1. The average Bonchev–Trinajstić information content (AvgIpc) is 2.62. The predicted molar refractivity (Wildman–Crippen MR) is 107 cm³/mol. The van der Waals surface area contributed by atoms with Gasteiger partial charge in [0.25, 0.3) is 0 Å². The van der Waals surface area contributed by atoms with E-state index in [2.05, 4.69) is 82.2 Å². The van der Waals surface area contributed by atoms with E-state index in [1.54, 1.807) is 0 Å². The van der Waals surface area contributed by atoms with Gasteiger partial charge in [0.05, 0.1) is 17.8 Å². The zero-order chi connectivity index (χ0) is 18.9. The first kappa shape index (κ1) is 21.9. The van der Waals surface area contributed by atoms with Crippen molar-refractivity contribution in [3.8, 4) is 0 Å². The monoisotopic (exact) mass is 354 g/mol. The zero-order valence-electron chi connectivity index (χ0n) is 17.8. The molecule has 0 spiro atoms. The summed E-state index contributed by atoms with van der Waals surface area (Å²) in [5, 5.41) is 0. The Bertz CT molecular complexity index is 418. The maximum Gasteiger partial charge on any atom is 0.490 e. The second kappa shape index (κ2) is 7.65. The molecule has 3 nitrogen and oxygen atoms in total. The van der Waals surface area contributed by atoms with Gasteiger partial charge in [-0.1, -0.05) is 47.6 Å². The Morgan fingerprint density at radius 3 is 1.62 bits per heavy atom. The third-order valence-corrected chi connectivity index (χ3v) is 12.2. The molecule has 5 heteroatoms. The van der Waals surface area contributed by atoms with Crippen LogP contribution in [0.4, 0.5) is 0 Å². The first-order chi connectivity index (χ1) is 10.8. The van der Waals surface area contributed by atoms with Gasteiger partial charge in [0, 0.05) is 0 Å². The van der Waals surface area contributed by atoms with Crippen LogP contribution in [0, 0.1) is 0 Å². The standard InChI is InChI=1S/C19H39BO3Si/c1-14(2)24(15(3)4,16(5)6)21-13-12-17(7)20-22-18(8,9)19(10,11)23-20/h12,14-16H,13H2,1-11H3/b17-12+.